The van der Waals surface area contributed by atoms with Crippen molar-refractivity contribution in [3.8, 4) is 0 Å². The van der Waals surface area contributed by atoms with Crippen LogP contribution in [-0.4, -0.2) is 10.6 Å². The maximum atomic E-state index is 11.0. The third-order valence-corrected chi connectivity index (χ3v) is 3.21. The van der Waals surface area contributed by atoms with Gasteiger partial charge in [-0.25, -0.2) is 0 Å². The van der Waals surface area contributed by atoms with Gasteiger partial charge in [0.2, 0.25) is 0 Å². The van der Waals surface area contributed by atoms with Crippen molar-refractivity contribution in [2.45, 2.75) is 18.2 Å². The molecule has 0 fully saturated rings. The highest BCUT2D eigenvalue weighted by Crippen LogP contribution is 2.15. The van der Waals surface area contributed by atoms with Crippen molar-refractivity contribution in [1.82, 2.24) is 0 Å². The number of carbonyl (C=O) groups excluding carboxylic acids is 1. The van der Waals surface area contributed by atoms with Gasteiger partial charge in [-0.15, -0.1) is 0 Å². The maximum Gasteiger partial charge on any atom is 0.143 e. The molecule has 0 spiro atoms. The Hall–Kier alpha value is -0.150. The molecule has 1 rings (SSSR count). The summed E-state index contributed by atoms with van der Waals surface area (Å²) in [5.74, 6) is 0.167. The van der Waals surface area contributed by atoms with Gasteiger partial charge >= 0.3 is 0 Å². The average Bonchev–Trinajstić information content (AvgIpc) is 2.04. The van der Waals surface area contributed by atoms with Crippen LogP contribution in [0.25, 0.3) is 0 Å². The molecule has 0 heterocycles. The highest BCUT2D eigenvalue weighted by Gasteiger charge is 2.09. The SMILES string of the molecule is CC(=O)C(Br)Cc1cccc(Br)c1. The predicted octanol–water partition coefficient (Wildman–Crippen LogP) is 3.34. The molecule has 0 N–H and O–H groups in total. The Kier molecular flexibility index (Phi) is 4.13. The van der Waals surface area contributed by atoms with E-state index in [1.165, 1.54) is 0 Å². The van der Waals surface area contributed by atoms with Crippen molar-refractivity contribution in [3.05, 3.63) is 34.3 Å². The molecule has 0 aliphatic heterocycles. The molecular formula is C10H10Br2O. The number of benzene rings is 1. The second-order valence-electron chi connectivity index (χ2n) is 2.91. The molecule has 0 saturated heterocycles. The van der Waals surface area contributed by atoms with E-state index in [2.05, 4.69) is 31.9 Å². The minimum atomic E-state index is -0.0678. The first-order valence-corrected chi connectivity index (χ1v) is 5.69. The third-order valence-electron chi connectivity index (χ3n) is 1.75. The van der Waals surface area contributed by atoms with E-state index in [0.29, 0.717) is 0 Å². The Bertz CT molecular complexity index is 310. The summed E-state index contributed by atoms with van der Waals surface area (Å²) in [5, 5.41) is 0. The predicted molar refractivity (Wildman–Crippen MR) is 61.2 cm³/mol. The Morgan fingerprint density at radius 1 is 1.54 bits per heavy atom. The van der Waals surface area contributed by atoms with Crippen molar-refractivity contribution in [3.63, 3.8) is 0 Å². The van der Waals surface area contributed by atoms with Gasteiger partial charge in [0.1, 0.15) is 5.78 Å². The van der Waals surface area contributed by atoms with E-state index < -0.39 is 0 Å². The van der Waals surface area contributed by atoms with Crippen LogP contribution >= 0.6 is 31.9 Å². The molecule has 1 aromatic carbocycles. The second-order valence-corrected chi connectivity index (χ2v) is 4.93. The Morgan fingerprint density at radius 3 is 2.77 bits per heavy atom. The number of ketones is 1. The lowest BCUT2D eigenvalue weighted by molar-refractivity contribution is -0.116. The number of carbonyl (C=O) groups is 1. The largest absolute Gasteiger partial charge is 0.299 e. The first-order valence-electron chi connectivity index (χ1n) is 3.98. The fourth-order valence-electron chi connectivity index (χ4n) is 1.01. The van der Waals surface area contributed by atoms with Crippen molar-refractivity contribution in [2.24, 2.45) is 0 Å². The van der Waals surface area contributed by atoms with Gasteiger partial charge in [-0.05, 0) is 31.0 Å². The summed E-state index contributed by atoms with van der Waals surface area (Å²) in [6, 6.07) is 7.99. The van der Waals surface area contributed by atoms with E-state index in [1.807, 2.05) is 24.3 Å². The quantitative estimate of drug-likeness (QED) is 0.783. The fraction of sp³-hybridized carbons (Fsp3) is 0.300. The molecule has 70 valence electrons. The number of hydrogen-bond donors (Lipinski definition) is 0. The van der Waals surface area contributed by atoms with E-state index in [1.54, 1.807) is 6.92 Å². The van der Waals surface area contributed by atoms with Crippen molar-refractivity contribution < 1.29 is 4.79 Å². The van der Waals surface area contributed by atoms with Crippen LogP contribution in [0.15, 0.2) is 28.7 Å². The molecule has 0 radical (unpaired) electrons. The lowest BCUT2D eigenvalue weighted by Gasteiger charge is -2.05. The van der Waals surface area contributed by atoms with E-state index in [-0.39, 0.29) is 10.6 Å². The fourth-order valence-corrected chi connectivity index (χ4v) is 1.84. The summed E-state index contributed by atoms with van der Waals surface area (Å²) >= 11 is 6.73. The molecule has 1 unspecified atom stereocenters. The van der Waals surface area contributed by atoms with Gasteiger partial charge in [-0.1, -0.05) is 44.0 Å². The van der Waals surface area contributed by atoms with Crippen molar-refractivity contribution in [1.29, 1.82) is 0 Å². The zero-order valence-electron chi connectivity index (χ0n) is 7.26. The number of Topliss-reactive ketones (excluding diaryl/α,β-unsaturated/α-hetero) is 1. The highest BCUT2D eigenvalue weighted by atomic mass is 79.9. The molecule has 0 amide bonds. The lowest BCUT2D eigenvalue weighted by atomic mass is 10.1. The van der Waals surface area contributed by atoms with E-state index in [9.17, 15) is 4.79 Å². The third kappa shape index (κ3) is 3.61. The molecule has 3 heteroatoms. The number of hydrogen-bond acceptors (Lipinski definition) is 1. The molecule has 13 heavy (non-hydrogen) atoms. The van der Waals surface area contributed by atoms with E-state index in [0.717, 1.165) is 16.5 Å². The van der Waals surface area contributed by atoms with Gasteiger partial charge in [-0.2, -0.15) is 0 Å². The zero-order valence-corrected chi connectivity index (χ0v) is 10.4. The van der Waals surface area contributed by atoms with E-state index >= 15 is 0 Å². The molecular weight excluding hydrogens is 296 g/mol. The minimum Gasteiger partial charge on any atom is -0.299 e. The smallest absolute Gasteiger partial charge is 0.143 e. The number of halogens is 2. The molecule has 0 saturated carbocycles. The molecule has 0 bridgehead atoms. The molecule has 0 aliphatic rings. The first kappa shape index (κ1) is 10.9. The average molecular weight is 306 g/mol. The van der Waals surface area contributed by atoms with Crippen LogP contribution in [0, 0.1) is 0 Å². The standard InChI is InChI=1S/C10H10Br2O/c1-7(13)10(12)6-8-3-2-4-9(11)5-8/h2-5,10H,6H2,1H3. The topological polar surface area (TPSA) is 17.1 Å². The molecule has 1 aromatic rings. The van der Waals surface area contributed by atoms with Gasteiger partial charge in [-0.3, -0.25) is 4.79 Å². The highest BCUT2D eigenvalue weighted by molar-refractivity contribution is 9.10. The van der Waals surface area contributed by atoms with Crippen LogP contribution in [-0.2, 0) is 11.2 Å². The Morgan fingerprint density at radius 2 is 2.23 bits per heavy atom. The van der Waals surface area contributed by atoms with Crippen LogP contribution in [0.3, 0.4) is 0 Å². The second kappa shape index (κ2) is 4.91. The number of alkyl halides is 1. The van der Waals surface area contributed by atoms with Crippen LogP contribution in [0.2, 0.25) is 0 Å². The first-order chi connectivity index (χ1) is 6.09. The molecule has 1 nitrogen and oxygen atoms in total. The van der Waals surface area contributed by atoms with Crippen LogP contribution in [0.1, 0.15) is 12.5 Å². The van der Waals surface area contributed by atoms with Gasteiger partial charge < -0.3 is 0 Å². The van der Waals surface area contributed by atoms with Gasteiger partial charge in [0.15, 0.2) is 0 Å². The normalized spacial score (nSPS) is 12.5. The summed E-state index contributed by atoms with van der Waals surface area (Å²) in [5.41, 5.74) is 1.16. The van der Waals surface area contributed by atoms with Gasteiger partial charge in [0.25, 0.3) is 0 Å². The monoisotopic (exact) mass is 304 g/mol. The van der Waals surface area contributed by atoms with Gasteiger partial charge in [0, 0.05) is 4.47 Å². The van der Waals surface area contributed by atoms with Crippen LogP contribution < -0.4 is 0 Å². The number of rotatable bonds is 3. The molecule has 0 aromatic heterocycles. The molecule has 0 aliphatic carbocycles. The van der Waals surface area contributed by atoms with Crippen LogP contribution in [0.5, 0.6) is 0 Å². The minimum absolute atomic E-state index is 0.0678. The zero-order chi connectivity index (χ0) is 9.84. The summed E-state index contributed by atoms with van der Waals surface area (Å²) in [7, 11) is 0. The summed E-state index contributed by atoms with van der Waals surface area (Å²) in [4.78, 5) is 10.9. The van der Waals surface area contributed by atoms with Crippen molar-refractivity contribution >= 4 is 37.6 Å². The lowest BCUT2D eigenvalue weighted by Crippen LogP contribution is -2.12. The summed E-state index contributed by atoms with van der Waals surface area (Å²) in [6.45, 7) is 1.59. The van der Waals surface area contributed by atoms with E-state index in [4.69, 9.17) is 0 Å². The van der Waals surface area contributed by atoms with Crippen molar-refractivity contribution in [2.75, 3.05) is 0 Å². The van der Waals surface area contributed by atoms with Gasteiger partial charge in [0.05, 0.1) is 4.83 Å². The Labute approximate surface area is 94.8 Å². The van der Waals surface area contributed by atoms with Crippen LogP contribution in [0.4, 0.5) is 0 Å². The maximum absolute atomic E-state index is 11.0. The Balaban J connectivity index is 2.69. The molecule has 1 atom stereocenters. The summed E-state index contributed by atoms with van der Waals surface area (Å²) < 4.78 is 1.05. The summed E-state index contributed by atoms with van der Waals surface area (Å²) in [6.07, 6.45) is 0.745.